The first-order valence-electron chi connectivity index (χ1n) is 12.8. The first-order valence-corrected chi connectivity index (χ1v) is 12.8. The van der Waals surface area contributed by atoms with Crippen LogP contribution in [0, 0.1) is 5.92 Å². The van der Waals surface area contributed by atoms with Crippen LogP contribution in [0.4, 0.5) is 18.0 Å². The number of alkyl halides is 3. The fourth-order valence-corrected chi connectivity index (χ4v) is 4.92. The van der Waals surface area contributed by atoms with E-state index < -0.39 is 23.8 Å². The summed E-state index contributed by atoms with van der Waals surface area (Å²) in [5, 5.41) is 4.83. The number of carbonyl (C=O) groups is 1. The summed E-state index contributed by atoms with van der Waals surface area (Å²) in [6, 6.07) is 2.61. The van der Waals surface area contributed by atoms with E-state index in [0.717, 1.165) is 36.8 Å². The van der Waals surface area contributed by atoms with E-state index in [2.05, 4.69) is 15.1 Å². The third-order valence-electron chi connectivity index (χ3n) is 7.08. The van der Waals surface area contributed by atoms with Crippen molar-refractivity contribution in [2.75, 3.05) is 27.3 Å². The Hall–Kier alpha value is -3.35. The minimum atomic E-state index is -4.61. The molecule has 4 rings (SSSR count). The molecule has 1 atom stereocenters. The molecule has 2 fully saturated rings. The summed E-state index contributed by atoms with van der Waals surface area (Å²) in [5.74, 6) is 0.428. The molecule has 208 valence electrons. The molecular weight excluding hydrogens is 505 g/mol. The van der Waals surface area contributed by atoms with Crippen LogP contribution in [0.15, 0.2) is 27.7 Å². The van der Waals surface area contributed by atoms with Crippen molar-refractivity contribution in [3.05, 3.63) is 29.7 Å². The Balaban J connectivity index is 1.49. The molecule has 1 aliphatic heterocycles. The quantitative estimate of drug-likeness (QED) is 0.291. The zero-order valence-corrected chi connectivity index (χ0v) is 21.5. The molecule has 38 heavy (non-hydrogen) atoms. The Labute approximate surface area is 218 Å². The van der Waals surface area contributed by atoms with Gasteiger partial charge in [0, 0.05) is 19.2 Å². The Morgan fingerprint density at radius 1 is 1.24 bits per heavy atom. The lowest BCUT2D eigenvalue weighted by atomic mass is 9.87. The molecule has 2 amide bonds. The van der Waals surface area contributed by atoms with E-state index in [4.69, 9.17) is 19.8 Å². The second-order valence-corrected chi connectivity index (χ2v) is 9.59. The summed E-state index contributed by atoms with van der Waals surface area (Å²) in [6.07, 6.45) is 3.20. The van der Waals surface area contributed by atoms with Crippen molar-refractivity contribution in [3.8, 4) is 17.1 Å². The summed E-state index contributed by atoms with van der Waals surface area (Å²) < 4.78 is 52.6. The van der Waals surface area contributed by atoms with Crippen LogP contribution < -0.4 is 10.5 Å². The number of halogens is 3. The van der Waals surface area contributed by atoms with E-state index >= 15 is 0 Å². The number of benzene rings is 1. The predicted octanol–water partition coefficient (Wildman–Crippen LogP) is 5.17. The van der Waals surface area contributed by atoms with Crippen molar-refractivity contribution in [1.82, 2.24) is 20.1 Å². The molecule has 1 aliphatic carbocycles. The van der Waals surface area contributed by atoms with Gasteiger partial charge in [0.25, 0.3) is 0 Å². The minimum Gasteiger partial charge on any atom is -0.493 e. The van der Waals surface area contributed by atoms with E-state index in [0.29, 0.717) is 18.9 Å². The Bertz CT molecular complexity index is 1130. The fourth-order valence-electron chi connectivity index (χ4n) is 4.92. The lowest BCUT2D eigenvalue weighted by Crippen LogP contribution is -2.38. The number of likely N-dealkylation sites (tertiary alicyclic amines) is 1. The maximum Gasteiger partial charge on any atom is 0.419 e. The third kappa shape index (κ3) is 6.55. The van der Waals surface area contributed by atoms with Crippen molar-refractivity contribution in [3.63, 3.8) is 0 Å². The number of nitrogens with zero attached hydrogens (tertiary/aromatic N) is 5. The second kappa shape index (κ2) is 12.0. The molecule has 0 unspecified atom stereocenters. The number of ether oxygens (including phenoxy) is 1. The largest absolute Gasteiger partial charge is 0.493 e. The number of rotatable bonds is 7. The second-order valence-electron chi connectivity index (χ2n) is 9.59. The molecule has 1 saturated carbocycles. The standard InChI is InChI=1S/C25H33F3N6O4/c1-33(36-2)24(35)31-23(29)34-13-6-9-19(34)22-30-21(32-38-22)17-10-11-20(18(15-17)25(26,27)28)37-14-12-16-7-4-3-5-8-16/h10-11,15-16,19H,3-9,12-14H2,1-2H3,(H2,29,31,35)/t19-/m0/s1. The van der Waals surface area contributed by atoms with Gasteiger partial charge in [-0.05, 0) is 43.4 Å². The van der Waals surface area contributed by atoms with E-state index in [1.54, 1.807) is 4.90 Å². The topological polar surface area (TPSA) is 119 Å². The SMILES string of the molecule is CON(C)C(=O)/N=C(/N)N1CCC[C@H]1c1nc(-c2ccc(OCCC3CCCCC3)c(C(F)(F)F)c2)no1. The molecule has 13 heteroatoms. The molecular formula is C25H33F3N6O4. The molecule has 1 aromatic carbocycles. The number of aliphatic imine (C=N–C) groups is 1. The van der Waals surface area contributed by atoms with Gasteiger partial charge in [-0.15, -0.1) is 0 Å². The van der Waals surface area contributed by atoms with Crippen molar-refractivity contribution in [2.45, 2.75) is 63.6 Å². The summed E-state index contributed by atoms with van der Waals surface area (Å²) in [5.41, 5.74) is 5.30. The van der Waals surface area contributed by atoms with Crippen molar-refractivity contribution >= 4 is 12.0 Å². The van der Waals surface area contributed by atoms with Crippen LogP contribution in [0.3, 0.4) is 0 Å². The van der Waals surface area contributed by atoms with Gasteiger partial charge >= 0.3 is 12.2 Å². The number of hydrogen-bond acceptors (Lipinski definition) is 6. The van der Waals surface area contributed by atoms with Gasteiger partial charge in [-0.1, -0.05) is 37.3 Å². The van der Waals surface area contributed by atoms with Gasteiger partial charge < -0.3 is 19.9 Å². The minimum absolute atomic E-state index is 0.0109. The summed E-state index contributed by atoms with van der Waals surface area (Å²) in [6.45, 7) is 0.732. The molecule has 0 bridgehead atoms. The third-order valence-corrected chi connectivity index (χ3v) is 7.08. The number of hydroxylamine groups is 2. The number of amides is 2. The zero-order chi connectivity index (χ0) is 27.3. The monoisotopic (exact) mass is 538 g/mol. The van der Waals surface area contributed by atoms with Crippen molar-refractivity contribution < 1.29 is 32.1 Å². The van der Waals surface area contributed by atoms with Gasteiger partial charge in [-0.25, -0.2) is 9.86 Å². The van der Waals surface area contributed by atoms with E-state index in [1.807, 2.05) is 0 Å². The van der Waals surface area contributed by atoms with Gasteiger partial charge in [-0.3, -0.25) is 4.84 Å². The highest BCUT2D eigenvalue weighted by Gasteiger charge is 2.36. The lowest BCUT2D eigenvalue weighted by Gasteiger charge is -2.22. The normalized spacial score (nSPS) is 19.1. The van der Waals surface area contributed by atoms with Crippen LogP contribution in [0.5, 0.6) is 5.75 Å². The van der Waals surface area contributed by atoms with Gasteiger partial charge in [0.15, 0.2) is 0 Å². The van der Waals surface area contributed by atoms with Crippen LogP contribution in [-0.2, 0) is 11.0 Å². The van der Waals surface area contributed by atoms with E-state index in [1.165, 1.54) is 45.6 Å². The van der Waals surface area contributed by atoms with Gasteiger partial charge in [0.1, 0.15) is 11.8 Å². The van der Waals surface area contributed by atoms with Crippen molar-refractivity contribution in [1.29, 1.82) is 0 Å². The Kier molecular flexibility index (Phi) is 8.75. The Morgan fingerprint density at radius 3 is 2.71 bits per heavy atom. The van der Waals surface area contributed by atoms with Gasteiger partial charge in [-0.2, -0.15) is 23.1 Å². The number of nitrogens with two attached hydrogens (primary N) is 1. The van der Waals surface area contributed by atoms with Gasteiger partial charge in [0.2, 0.25) is 17.7 Å². The molecule has 2 aliphatic rings. The van der Waals surface area contributed by atoms with Crippen LogP contribution in [0.2, 0.25) is 0 Å². The zero-order valence-electron chi connectivity index (χ0n) is 21.5. The number of urea groups is 1. The van der Waals surface area contributed by atoms with Crippen LogP contribution in [0.1, 0.15) is 68.9 Å². The van der Waals surface area contributed by atoms with E-state index in [9.17, 15) is 18.0 Å². The maximum absolute atomic E-state index is 13.9. The van der Waals surface area contributed by atoms with Crippen LogP contribution >= 0.6 is 0 Å². The Morgan fingerprint density at radius 2 is 2.00 bits per heavy atom. The molecule has 2 heterocycles. The highest BCUT2D eigenvalue weighted by Crippen LogP contribution is 2.39. The highest BCUT2D eigenvalue weighted by molar-refractivity contribution is 5.91. The fraction of sp³-hybridized carbons (Fsp3) is 0.600. The molecule has 0 spiro atoms. The summed E-state index contributed by atoms with van der Waals surface area (Å²) >= 11 is 0. The molecule has 2 N–H and O–H groups in total. The molecule has 0 radical (unpaired) electrons. The molecule has 10 nitrogen and oxygen atoms in total. The molecule has 1 aromatic heterocycles. The lowest BCUT2D eigenvalue weighted by molar-refractivity contribution is -0.138. The average molecular weight is 539 g/mol. The van der Waals surface area contributed by atoms with Crippen LogP contribution in [0.25, 0.3) is 11.4 Å². The summed E-state index contributed by atoms with van der Waals surface area (Å²) in [4.78, 5) is 26.6. The number of aromatic nitrogens is 2. The molecule has 2 aromatic rings. The summed E-state index contributed by atoms with van der Waals surface area (Å²) in [7, 11) is 2.72. The van der Waals surface area contributed by atoms with Crippen LogP contribution in [-0.4, -0.2) is 59.4 Å². The molecule has 1 saturated heterocycles. The van der Waals surface area contributed by atoms with Gasteiger partial charge in [0.05, 0.1) is 19.3 Å². The van der Waals surface area contributed by atoms with E-state index in [-0.39, 0.29) is 35.6 Å². The highest BCUT2D eigenvalue weighted by atomic mass is 19.4. The predicted molar refractivity (Wildman–Crippen MR) is 132 cm³/mol. The average Bonchev–Trinajstić information content (AvgIpc) is 3.58. The maximum atomic E-state index is 13.9. The first-order chi connectivity index (χ1) is 18.2. The van der Waals surface area contributed by atoms with Crippen molar-refractivity contribution in [2.24, 2.45) is 16.6 Å². The smallest absolute Gasteiger partial charge is 0.419 e. The number of hydrogen-bond donors (Lipinski definition) is 1. The first kappa shape index (κ1) is 27.7. The number of carbonyl (C=O) groups excluding carboxylic acids is 1. The number of guanidine groups is 1.